The molecular weight excluding hydrogens is 580 g/mol. The molecule has 0 aromatic carbocycles. The Balaban J connectivity index is 1.53. The van der Waals surface area contributed by atoms with E-state index < -0.39 is 15.5 Å². The van der Waals surface area contributed by atoms with E-state index >= 15 is 0 Å². The highest BCUT2D eigenvalue weighted by Crippen LogP contribution is 2.42. The molecule has 254 valence electrons. The molecule has 0 saturated carbocycles. The molecule has 8 nitrogen and oxygen atoms in total. The van der Waals surface area contributed by atoms with Gasteiger partial charge in [-0.15, -0.1) is 0 Å². The third-order valence-electron chi connectivity index (χ3n) is 9.93. The topological polar surface area (TPSA) is 97.4 Å². The molecule has 0 amide bonds. The quantitative estimate of drug-likeness (QED) is 0.0815. The molecule has 0 bridgehead atoms. The zero-order chi connectivity index (χ0) is 32.8. The van der Waals surface area contributed by atoms with E-state index in [9.17, 15) is 13.2 Å². The highest BCUT2D eigenvalue weighted by atomic mass is 32.2. The van der Waals surface area contributed by atoms with Crippen molar-refractivity contribution in [2.45, 2.75) is 143 Å². The first kappa shape index (κ1) is 37.2. The van der Waals surface area contributed by atoms with E-state index in [2.05, 4.69) is 40.9 Å². The van der Waals surface area contributed by atoms with Crippen LogP contribution in [-0.4, -0.2) is 70.5 Å². The number of carbonyl (C=O) groups excluding carboxylic acids is 1. The molecule has 0 aromatic heterocycles. The first-order valence-electron chi connectivity index (χ1n) is 16.8. The summed E-state index contributed by atoms with van der Waals surface area (Å²) in [5.41, 5.74) is 1.72. The van der Waals surface area contributed by atoms with Gasteiger partial charge in [-0.3, -0.25) is 8.98 Å². The molecule has 2 unspecified atom stereocenters. The van der Waals surface area contributed by atoms with Crippen molar-refractivity contribution in [3.05, 3.63) is 24.3 Å². The van der Waals surface area contributed by atoms with Gasteiger partial charge in [-0.2, -0.15) is 8.42 Å². The summed E-state index contributed by atoms with van der Waals surface area (Å²) in [6.45, 7) is 23.6. The van der Waals surface area contributed by atoms with Crippen molar-refractivity contribution in [2.75, 3.05) is 19.5 Å². The minimum atomic E-state index is -3.55. The first-order chi connectivity index (χ1) is 20.5. The number of hydrogen-bond acceptors (Lipinski definition) is 8. The van der Waals surface area contributed by atoms with Crippen LogP contribution in [0.5, 0.6) is 0 Å². The fraction of sp³-hybridized carbons (Fsp3) is 0.857. The number of carbonyl (C=O) groups is 1. The van der Waals surface area contributed by atoms with Crippen LogP contribution in [0.1, 0.15) is 106 Å². The van der Waals surface area contributed by atoms with Crippen LogP contribution < -0.4 is 0 Å². The molecule has 0 aromatic rings. The largest absolute Gasteiger partial charge is 0.465 e. The van der Waals surface area contributed by atoms with Crippen LogP contribution in [0.3, 0.4) is 0 Å². The number of ether oxygens (including phenoxy) is 4. The molecule has 3 aliphatic rings. The molecule has 3 rings (SSSR count). The molecule has 0 spiro atoms. The van der Waals surface area contributed by atoms with Crippen LogP contribution in [0, 0.1) is 29.1 Å². The Morgan fingerprint density at radius 1 is 1.02 bits per heavy atom. The van der Waals surface area contributed by atoms with Crippen LogP contribution >= 0.6 is 0 Å². The second kappa shape index (κ2) is 16.0. The van der Waals surface area contributed by atoms with Crippen LogP contribution in [-0.2, 0) is 38.0 Å². The van der Waals surface area contributed by atoms with E-state index in [4.69, 9.17) is 23.1 Å². The molecular formula is C35H60O8S. The summed E-state index contributed by atoms with van der Waals surface area (Å²) in [5.74, 6) is 0.823. The summed E-state index contributed by atoms with van der Waals surface area (Å²) < 4.78 is 54.1. The zero-order valence-corrected chi connectivity index (χ0v) is 29.5. The van der Waals surface area contributed by atoms with Gasteiger partial charge in [-0.1, -0.05) is 47.3 Å². The lowest BCUT2D eigenvalue weighted by Crippen LogP contribution is -2.38. The second-order valence-electron chi connectivity index (χ2n) is 14.9. The molecule has 44 heavy (non-hydrogen) atoms. The fourth-order valence-electron chi connectivity index (χ4n) is 6.70. The lowest BCUT2D eigenvalue weighted by atomic mass is 9.81. The molecule has 9 heteroatoms. The molecule has 0 aliphatic carbocycles. The van der Waals surface area contributed by atoms with Gasteiger partial charge in [-0.05, 0) is 94.6 Å². The molecule has 10 atom stereocenters. The second-order valence-corrected chi connectivity index (χ2v) is 16.5. The third kappa shape index (κ3) is 10.9. The van der Waals surface area contributed by atoms with E-state index in [0.29, 0.717) is 24.9 Å². The van der Waals surface area contributed by atoms with Crippen molar-refractivity contribution in [1.29, 1.82) is 0 Å². The van der Waals surface area contributed by atoms with Crippen LogP contribution in [0.4, 0.5) is 0 Å². The van der Waals surface area contributed by atoms with Crippen LogP contribution in [0.15, 0.2) is 24.3 Å². The Hall–Kier alpha value is -1.26. The van der Waals surface area contributed by atoms with Crippen molar-refractivity contribution in [3.63, 3.8) is 0 Å². The van der Waals surface area contributed by atoms with Gasteiger partial charge in [-0.25, -0.2) is 0 Å². The average molecular weight is 641 g/mol. The Kier molecular flexibility index (Phi) is 13.6. The minimum absolute atomic E-state index is 0.0115. The molecule has 3 aliphatic heterocycles. The normalized spacial score (nSPS) is 34.0. The molecule has 3 saturated heterocycles. The third-order valence-corrected chi connectivity index (χ3v) is 10.5. The lowest BCUT2D eigenvalue weighted by Gasteiger charge is -2.38. The minimum Gasteiger partial charge on any atom is -0.465 e. The lowest BCUT2D eigenvalue weighted by molar-refractivity contribution is -0.153. The van der Waals surface area contributed by atoms with E-state index in [0.717, 1.165) is 68.8 Å². The van der Waals surface area contributed by atoms with Gasteiger partial charge < -0.3 is 18.9 Å². The van der Waals surface area contributed by atoms with Crippen molar-refractivity contribution < 1.29 is 36.3 Å². The summed E-state index contributed by atoms with van der Waals surface area (Å²) in [5, 5.41) is 0. The van der Waals surface area contributed by atoms with Crippen molar-refractivity contribution in [3.8, 4) is 0 Å². The van der Waals surface area contributed by atoms with Crippen molar-refractivity contribution >= 4 is 16.1 Å². The smallest absolute Gasteiger partial charge is 0.311 e. The predicted molar refractivity (Wildman–Crippen MR) is 174 cm³/mol. The van der Waals surface area contributed by atoms with Crippen molar-refractivity contribution in [1.82, 2.24) is 0 Å². The molecule has 0 N–H and O–H groups in total. The standard InChI is InChI=1S/C35H60O8S/c1-11-22(2)17-31-26(6)29(21-40-44(10,37)38)33(43-31)20-32-25(5)23(3)18-28(42-32)14-15-30-24(4)19-27(41-30)13-12-16-39-34(36)35(7,8)9/h22-23,26-33H,4-5,11-21H2,1-3,6-10H3/t22-,23-,26-,27+,28+,29-,30?,31-,32?,33+/m1/s1. The monoisotopic (exact) mass is 640 g/mol. The number of rotatable bonds is 15. The maximum absolute atomic E-state index is 12.0. The number of hydrogen-bond donors (Lipinski definition) is 0. The zero-order valence-electron chi connectivity index (χ0n) is 28.6. The average Bonchev–Trinajstić information content (AvgIpc) is 3.43. The van der Waals surface area contributed by atoms with E-state index in [1.807, 2.05) is 20.8 Å². The van der Waals surface area contributed by atoms with Crippen LogP contribution in [0.2, 0.25) is 0 Å². The fourth-order valence-corrected chi connectivity index (χ4v) is 7.11. The van der Waals surface area contributed by atoms with Gasteiger partial charge in [0.15, 0.2) is 0 Å². The summed E-state index contributed by atoms with van der Waals surface area (Å²) in [6, 6.07) is 0. The SMILES string of the molecule is C=C1C[C@H](CCCOC(=O)C(C)(C)C)OC1CC[C@H]1C[C@@H](C)C(=C)C(C[C@@H]2O[C@H](C[C@H](C)CC)[C@H](C)[C@H]2COS(C)(=O)=O)O1. The van der Waals surface area contributed by atoms with Crippen molar-refractivity contribution in [2.24, 2.45) is 29.1 Å². The maximum atomic E-state index is 12.0. The van der Waals surface area contributed by atoms with Gasteiger partial charge in [0.1, 0.15) is 0 Å². The Morgan fingerprint density at radius 3 is 2.34 bits per heavy atom. The van der Waals surface area contributed by atoms with Gasteiger partial charge in [0.05, 0.1) is 61.5 Å². The Labute approximate surface area is 267 Å². The maximum Gasteiger partial charge on any atom is 0.311 e. The van der Waals surface area contributed by atoms with E-state index in [-0.39, 0.29) is 61.0 Å². The van der Waals surface area contributed by atoms with Gasteiger partial charge >= 0.3 is 5.97 Å². The Morgan fingerprint density at radius 2 is 1.70 bits per heavy atom. The highest BCUT2D eigenvalue weighted by Gasteiger charge is 2.45. The summed E-state index contributed by atoms with van der Waals surface area (Å²) >= 11 is 0. The Bertz CT molecular complexity index is 1080. The first-order valence-corrected chi connectivity index (χ1v) is 18.6. The predicted octanol–water partition coefficient (Wildman–Crippen LogP) is 7.02. The molecule has 0 radical (unpaired) electrons. The van der Waals surface area contributed by atoms with Gasteiger partial charge in [0.25, 0.3) is 10.1 Å². The highest BCUT2D eigenvalue weighted by molar-refractivity contribution is 7.85. The summed E-state index contributed by atoms with van der Waals surface area (Å²) in [6.07, 6.45) is 8.81. The van der Waals surface area contributed by atoms with E-state index in [1.165, 1.54) is 0 Å². The van der Waals surface area contributed by atoms with Crippen LogP contribution in [0.25, 0.3) is 0 Å². The molecule has 3 heterocycles. The van der Waals surface area contributed by atoms with E-state index in [1.54, 1.807) is 0 Å². The van der Waals surface area contributed by atoms with Gasteiger partial charge in [0, 0.05) is 12.3 Å². The molecule has 3 fully saturated rings. The summed E-state index contributed by atoms with van der Waals surface area (Å²) in [4.78, 5) is 12.0. The van der Waals surface area contributed by atoms with Gasteiger partial charge in [0.2, 0.25) is 0 Å². The summed E-state index contributed by atoms with van der Waals surface area (Å²) in [7, 11) is -3.55. The number of esters is 1.